The minimum Gasteiger partial charge on any atom is -0.392 e. The van der Waals surface area contributed by atoms with E-state index >= 15 is 0 Å². The molecule has 22 heavy (non-hydrogen) atoms. The summed E-state index contributed by atoms with van der Waals surface area (Å²) in [6.45, 7) is 13.3. The number of aryl methyl sites for hydroxylation is 1. The molecule has 0 unspecified atom stereocenters. The van der Waals surface area contributed by atoms with Crippen LogP contribution >= 0.6 is 0 Å². The second-order valence-corrected chi connectivity index (χ2v) is 7.47. The van der Waals surface area contributed by atoms with E-state index in [0.29, 0.717) is 5.92 Å². The summed E-state index contributed by atoms with van der Waals surface area (Å²) in [5.41, 5.74) is 7.39. The monoisotopic (exact) mass is 296 g/mol. The molecule has 0 aromatic heterocycles. The maximum absolute atomic E-state index is 9.99. The molecule has 0 radical (unpaired) electrons. The highest BCUT2D eigenvalue weighted by molar-refractivity contribution is 5.73. The number of hydrogen-bond acceptors (Lipinski definition) is 1. The third-order valence-electron chi connectivity index (χ3n) is 4.37. The summed E-state index contributed by atoms with van der Waals surface area (Å²) in [5, 5.41) is 9.99. The van der Waals surface area contributed by atoms with Crippen LogP contribution in [0.5, 0.6) is 0 Å². The van der Waals surface area contributed by atoms with Gasteiger partial charge in [-0.2, -0.15) is 0 Å². The molecule has 0 saturated heterocycles. The number of hydrogen-bond donors (Lipinski definition) is 1. The standard InChI is InChI=1S/C21H28O/c1-14(2)18-11-16(21(4,5)6)12-19(20(18)13-22)17-10-8-7-9-15(17)3/h7-12,14,22H,13H2,1-6H3. The summed E-state index contributed by atoms with van der Waals surface area (Å²) in [6.07, 6.45) is 0. The Kier molecular flexibility index (Phi) is 4.77. The van der Waals surface area contributed by atoms with E-state index in [1.54, 1.807) is 0 Å². The molecular formula is C21H28O. The van der Waals surface area contributed by atoms with Gasteiger partial charge in [-0.25, -0.2) is 0 Å². The first-order valence-corrected chi connectivity index (χ1v) is 8.10. The van der Waals surface area contributed by atoms with Crippen LogP contribution in [-0.2, 0) is 12.0 Å². The molecule has 0 amide bonds. The largest absolute Gasteiger partial charge is 0.392 e. The van der Waals surface area contributed by atoms with E-state index in [-0.39, 0.29) is 12.0 Å². The Balaban J connectivity index is 2.81. The van der Waals surface area contributed by atoms with Gasteiger partial charge in [0.2, 0.25) is 0 Å². The van der Waals surface area contributed by atoms with Crippen molar-refractivity contribution in [3.8, 4) is 11.1 Å². The predicted molar refractivity (Wildman–Crippen MR) is 95.3 cm³/mol. The molecule has 0 spiro atoms. The van der Waals surface area contributed by atoms with E-state index < -0.39 is 0 Å². The summed E-state index contributed by atoms with van der Waals surface area (Å²) in [5.74, 6) is 0.396. The molecule has 2 rings (SSSR count). The average molecular weight is 296 g/mol. The van der Waals surface area contributed by atoms with Crippen molar-refractivity contribution in [1.29, 1.82) is 0 Å². The quantitative estimate of drug-likeness (QED) is 0.784. The van der Waals surface area contributed by atoms with Crippen LogP contribution in [0.15, 0.2) is 36.4 Å². The molecule has 0 bridgehead atoms. The zero-order valence-electron chi connectivity index (χ0n) is 14.7. The fraction of sp³-hybridized carbons (Fsp3) is 0.429. The van der Waals surface area contributed by atoms with Crippen LogP contribution in [0.2, 0.25) is 0 Å². The molecule has 1 heteroatoms. The van der Waals surface area contributed by atoms with E-state index in [2.05, 4.69) is 77.9 Å². The molecule has 0 aliphatic heterocycles. The lowest BCUT2D eigenvalue weighted by atomic mass is 9.80. The smallest absolute Gasteiger partial charge is 0.0690 e. The molecule has 2 aromatic rings. The van der Waals surface area contributed by atoms with Gasteiger partial charge in [0.05, 0.1) is 6.61 Å². The highest BCUT2D eigenvalue weighted by Gasteiger charge is 2.21. The number of aliphatic hydroxyl groups is 1. The Morgan fingerprint density at radius 3 is 2.14 bits per heavy atom. The Morgan fingerprint density at radius 1 is 1.00 bits per heavy atom. The highest BCUT2D eigenvalue weighted by atomic mass is 16.3. The fourth-order valence-electron chi connectivity index (χ4n) is 2.93. The van der Waals surface area contributed by atoms with Crippen LogP contribution in [0.4, 0.5) is 0 Å². The van der Waals surface area contributed by atoms with Gasteiger partial charge in [-0.3, -0.25) is 0 Å². The van der Waals surface area contributed by atoms with Gasteiger partial charge < -0.3 is 5.11 Å². The van der Waals surface area contributed by atoms with Crippen LogP contribution in [-0.4, -0.2) is 5.11 Å². The third-order valence-corrected chi connectivity index (χ3v) is 4.37. The van der Waals surface area contributed by atoms with Crippen molar-refractivity contribution in [3.63, 3.8) is 0 Å². The lowest BCUT2D eigenvalue weighted by Crippen LogP contribution is -2.14. The molecule has 0 atom stereocenters. The molecule has 0 saturated carbocycles. The SMILES string of the molecule is Cc1ccccc1-c1cc(C(C)(C)C)cc(C(C)C)c1CO. The summed E-state index contributed by atoms with van der Waals surface area (Å²) in [4.78, 5) is 0. The van der Waals surface area contributed by atoms with Crippen molar-refractivity contribution in [2.75, 3.05) is 0 Å². The second-order valence-electron chi connectivity index (χ2n) is 7.47. The van der Waals surface area contributed by atoms with E-state index in [1.165, 1.54) is 27.8 Å². The molecule has 1 N–H and O–H groups in total. The summed E-state index contributed by atoms with van der Waals surface area (Å²) >= 11 is 0. The predicted octanol–water partition coefficient (Wildman–Crippen LogP) is 5.58. The van der Waals surface area contributed by atoms with Crippen molar-refractivity contribution < 1.29 is 5.11 Å². The third kappa shape index (κ3) is 3.25. The van der Waals surface area contributed by atoms with Gasteiger partial charge in [0.15, 0.2) is 0 Å². The maximum atomic E-state index is 9.99. The molecule has 0 aliphatic rings. The normalized spacial score (nSPS) is 12.0. The van der Waals surface area contributed by atoms with Gasteiger partial charge in [-0.15, -0.1) is 0 Å². The van der Waals surface area contributed by atoms with Gasteiger partial charge >= 0.3 is 0 Å². The van der Waals surface area contributed by atoms with E-state index in [4.69, 9.17) is 0 Å². The summed E-state index contributed by atoms with van der Waals surface area (Å²) in [6, 6.07) is 13.0. The Bertz CT molecular complexity index is 660. The zero-order chi connectivity index (χ0) is 16.5. The molecule has 0 heterocycles. The minimum absolute atomic E-state index is 0.0849. The van der Waals surface area contributed by atoms with Gasteiger partial charge in [-0.1, -0.05) is 71.0 Å². The van der Waals surface area contributed by atoms with Gasteiger partial charge in [0.1, 0.15) is 0 Å². The van der Waals surface area contributed by atoms with Crippen molar-refractivity contribution in [1.82, 2.24) is 0 Å². The Hall–Kier alpha value is -1.60. The highest BCUT2D eigenvalue weighted by Crippen LogP contribution is 2.36. The first-order valence-electron chi connectivity index (χ1n) is 8.10. The molecule has 1 nitrogen and oxygen atoms in total. The molecule has 2 aromatic carbocycles. The maximum Gasteiger partial charge on any atom is 0.0690 e. The first kappa shape index (κ1) is 16.8. The lowest BCUT2D eigenvalue weighted by molar-refractivity contribution is 0.280. The van der Waals surface area contributed by atoms with E-state index in [9.17, 15) is 5.11 Å². The summed E-state index contributed by atoms with van der Waals surface area (Å²) < 4.78 is 0. The van der Waals surface area contributed by atoms with E-state index in [1.807, 2.05) is 0 Å². The average Bonchev–Trinajstić information content (AvgIpc) is 2.45. The Labute approximate surface area is 135 Å². The zero-order valence-corrected chi connectivity index (χ0v) is 14.7. The number of benzene rings is 2. The minimum atomic E-state index is 0.0849. The van der Waals surface area contributed by atoms with Gasteiger partial charge in [0, 0.05) is 0 Å². The summed E-state index contributed by atoms with van der Waals surface area (Å²) in [7, 11) is 0. The molecule has 0 aliphatic carbocycles. The van der Waals surface area contributed by atoms with Gasteiger partial charge in [0.25, 0.3) is 0 Å². The molecule has 118 valence electrons. The second kappa shape index (κ2) is 6.26. The molecular weight excluding hydrogens is 268 g/mol. The van der Waals surface area contributed by atoms with Crippen LogP contribution in [0.1, 0.15) is 62.8 Å². The lowest BCUT2D eigenvalue weighted by Gasteiger charge is -2.25. The number of rotatable bonds is 3. The van der Waals surface area contributed by atoms with Crippen molar-refractivity contribution in [2.45, 2.75) is 59.5 Å². The van der Waals surface area contributed by atoms with Crippen LogP contribution in [0, 0.1) is 6.92 Å². The van der Waals surface area contributed by atoms with Crippen molar-refractivity contribution in [3.05, 3.63) is 58.7 Å². The van der Waals surface area contributed by atoms with Crippen molar-refractivity contribution >= 4 is 0 Å². The van der Waals surface area contributed by atoms with Gasteiger partial charge in [-0.05, 0) is 51.6 Å². The molecule has 0 fully saturated rings. The number of aliphatic hydroxyl groups excluding tert-OH is 1. The fourth-order valence-corrected chi connectivity index (χ4v) is 2.93. The topological polar surface area (TPSA) is 20.2 Å². The Morgan fingerprint density at radius 2 is 1.64 bits per heavy atom. The van der Waals surface area contributed by atoms with Crippen LogP contribution < -0.4 is 0 Å². The van der Waals surface area contributed by atoms with Crippen molar-refractivity contribution in [2.24, 2.45) is 0 Å². The van der Waals surface area contributed by atoms with E-state index in [0.717, 1.165) is 5.56 Å². The first-order chi connectivity index (χ1) is 10.3. The van der Waals surface area contributed by atoms with Crippen LogP contribution in [0.3, 0.4) is 0 Å². The van der Waals surface area contributed by atoms with Crippen LogP contribution in [0.25, 0.3) is 11.1 Å².